The standard InChI is InChI=1S/C22H21N5O2/c1-13-18(14(2)26-25-13)20(28)27-11-9-22(19(27)15-6-5-10-23-12-15)16-7-3-4-8-17(16)24-21(22)29/h3-8,10,12,19H,9,11H2,1-2H3,(H,24,29)(H,25,26). The Balaban J connectivity index is 1.69. The average molecular weight is 387 g/mol. The van der Waals surface area contributed by atoms with Crippen molar-refractivity contribution < 1.29 is 9.59 Å². The number of nitrogens with one attached hydrogen (secondary N) is 2. The fourth-order valence-corrected chi connectivity index (χ4v) is 4.92. The molecule has 0 saturated carbocycles. The van der Waals surface area contributed by atoms with Crippen molar-refractivity contribution in [1.29, 1.82) is 0 Å². The van der Waals surface area contributed by atoms with Gasteiger partial charge in [0, 0.05) is 30.3 Å². The van der Waals surface area contributed by atoms with Crippen molar-refractivity contribution in [2.24, 2.45) is 0 Å². The molecule has 2 N–H and O–H groups in total. The molecule has 2 atom stereocenters. The number of amides is 2. The van der Waals surface area contributed by atoms with E-state index in [1.54, 1.807) is 12.4 Å². The molecule has 0 radical (unpaired) electrons. The summed E-state index contributed by atoms with van der Waals surface area (Å²) in [4.78, 5) is 33.0. The maximum atomic E-state index is 13.6. The number of carbonyl (C=O) groups excluding carboxylic acids is 2. The third-order valence-corrected chi connectivity index (χ3v) is 6.19. The summed E-state index contributed by atoms with van der Waals surface area (Å²) in [5, 5.41) is 10.1. The molecule has 7 nitrogen and oxygen atoms in total. The molecule has 2 aromatic heterocycles. The van der Waals surface area contributed by atoms with Crippen molar-refractivity contribution in [2.45, 2.75) is 31.7 Å². The third-order valence-electron chi connectivity index (χ3n) is 6.19. The van der Waals surface area contributed by atoms with Crippen molar-refractivity contribution >= 4 is 17.5 Å². The molecular formula is C22H21N5O2. The number of anilines is 1. The zero-order chi connectivity index (χ0) is 20.2. The summed E-state index contributed by atoms with van der Waals surface area (Å²) in [7, 11) is 0. The molecule has 2 unspecified atom stereocenters. The second-order valence-electron chi connectivity index (χ2n) is 7.72. The Morgan fingerprint density at radius 3 is 2.76 bits per heavy atom. The minimum Gasteiger partial charge on any atom is -0.330 e. The van der Waals surface area contributed by atoms with E-state index in [1.807, 2.05) is 55.1 Å². The van der Waals surface area contributed by atoms with E-state index in [2.05, 4.69) is 20.5 Å². The molecule has 2 aliphatic heterocycles. The number of aromatic amines is 1. The van der Waals surface area contributed by atoms with Crippen LogP contribution in [0.4, 0.5) is 5.69 Å². The van der Waals surface area contributed by atoms with Crippen LogP contribution in [0.2, 0.25) is 0 Å². The Morgan fingerprint density at radius 1 is 1.21 bits per heavy atom. The maximum absolute atomic E-state index is 13.6. The third kappa shape index (κ3) is 2.36. The highest BCUT2D eigenvalue weighted by atomic mass is 16.2. The summed E-state index contributed by atoms with van der Waals surface area (Å²) in [6.07, 6.45) is 4.00. The Bertz CT molecular complexity index is 1100. The number of H-pyrrole nitrogens is 1. The van der Waals surface area contributed by atoms with Crippen molar-refractivity contribution in [2.75, 3.05) is 11.9 Å². The Kier molecular flexibility index (Phi) is 3.81. The van der Waals surface area contributed by atoms with Crippen LogP contribution in [0.1, 0.15) is 45.3 Å². The lowest BCUT2D eigenvalue weighted by Gasteiger charge is -2.34. The van der Waals surface area contributed by atoms with Gasteiger partial charge in [0.05, 0.1) is 17.3 Å². The van der Waals surface area contributed by atoms with E-state index < -0.39 is 11.5 Å². The molecule has 7 heteroatoms. The van der Waals surface area contributed by atoms with E-state index in [4.69, 9.17) is 0 Å². The number of hydrogen-bond acceptors (Lipinski definition) is 4. The summed E-state index contributed by atoms with van der Waals surface area (Å²) >= 11 is 0. The number of nitrogens with zero attached hydrogens (tertiary/aromatic N) is 3. The first-order chi connectivity index (χ1) is 14.0. The zero-order valence-corrected chi connectivity index (χ0v) is 16.3. The van der Waals surface area contributed by atoms with Crippen molar-refractivity contribution in [3.05, 3.63) is 76.9 Å². The topological polar surface area (TPSA) is 91.0 Å². The number of rotatable bonds is 2. The lowest BCUT2D eigenvalue weighted by atomic mass is 9.73. The van der Waals surface area contributed by atoms with Crippen LogP contribution in [-0.4, -0.2) is 38.4 Å². The smallest absolute Gasteiger partial charge is 0.258 e. The van der Waals surface area contributed by atoms with Gasteiger partial charge in [0.2, 0.25) is 5.91 Å². The van der Waals surface area contributed by atoms with Gasteiger partial charge < -0.3 is 10.2 Å². The van der Waals surface area contributed by atoms with E-state index >= 15 is 0 Å². The van der Waals surface area contributed by atoms with Crippen molar-refractivity contribution in [3.8, 4) is 0 Å². The molecular weight excluding hydrogens is 366 g/mol. The minimum absolute atomic E-state index is 0.0662. The molecule has 2 aliphatic rings. The number of benzene rings is 1. The first-order valence-corrected chi connectivity index (χ1v) is 9.67. The van der Waals surface area contributed by atoms with Crippen LogP contribution in [0.5, 0.6) is 0 Å². The SMILES string of the molecule is Cc1n[nH]c(C)c1C(=O)N1CCC2(C(=O)Nc3ccccc32)C1c1cccnc1. The number of hydrogen-bond donors (Lipinski definition) is 2. The number of likely N-dealkylation sites (tertiary alicyclic amines) is 1. The molecule has 1 fully saturated rings. The number of aromatic nitrogens is 3. The predicted octanol–water partition coefficient (Wildman–Crippen LogP) is 2.90. The summed E-state index contributed by atoms with van der Waals surface area (Å²) in [5.41, 5.74) is 3.74. The lowest BCUT2D eigenvalue weighted by molar-refractivity contribution is -0.121. The van der Waals surface area contributed by atoms with Crippen LogP contribution < -0.4 is 5.32 Å². The molecule has 1 saturated heterocycles. The van der Waals surface area contributed by atoms with E-state index in [-0.39, 0.29) is 11.8 Å². The summed E-state index contributed by atoms with van der Waals surface area (Å²) in [6.45, 7) is 4.14. The van der Waals surface area contributed by atoms with Gasteiger partial charge in [0.1, 0.15) is 5.41 Å². The molecule has 1 spiro atoms. The van der Waals surface area contributed by atoms with Gasteiger partial charge >= 0.3 is 0 Å². The van der Waals surface area contributed by atoms with Gasteiger partial charge in [-0.05, 0) is 43.5 Å². The largest absolute Gasteiger partial charge is 0.330 e. The fraction of sp³-hybridized carbons (Fsp3) is 0.273. The molecule has 3 aromatic rings. The number of aryl methyl sites for hydroxylation is 2. The highest BCUT2D eigenvalue weighted by Gasteiger charge is 2.59. The average Bonchev–Trinajstić information content (AvgIpc) is 3.38. The summed E-state index contributed by atoms with van der Waals surface area (Å²) in [6, 6.07) is 11.1. The van der Waals surface area contributed by atoms with E-state index in [9.17, 15) is 9.59 Å². The zero-order valence-electron chi connectivity index (χ0n) is 16.3. The van der Waals surface area contributed by atoms with Gasteiger partial charge in [-0.15, -0.1) is 0 Å². The normalized spacial score (nSPS) is 22.8. The van der Waals surface area contributed by atoms with E-state index in [0.717, 1.165) is 22.5 Å². The fourth-order valence-electron chi connectivity index (χ4n) is 4.92. The molecule has 29 heavy (non-hydrogen) atoms. The maximum Gasteiger partial charge on any atom is 0.258 e. The summed E-state index contributed by atoms with van der Waals surface area (Å²) < 4.78 is 0. The second-order valence-corrected chi connectivity index (χ2v) is 7.72. The minimum atomic E-state index is -0.833. The first-order valence-electron chi connectivity index (χ1n) is 9.67. The highest BCUT2D eigenvalue weighted by molar-refractivity contribution is 6.08. The number of fused-ring (bicyclic) bond motifs is 2. The van der Waals surface area contributed by atoms with Gasteiger partial charge in [0.25, 0.3) is 5.91 Å². The molecule has 146 valence electrons. The van der Waals surface area contributed by atoms with Gasteiger partial charge in [-0.1, -0.05) is 24.3 Å². The lowest BCUT2D eigenvalue weighted by Crippen LogP contribution is -2.42. The van der Waals surface area contributed by atoms with Crippen LogP contribution in [0.25, 0.3) is 0 Å². The summed E-state index contributed by atoms with van der Waals surface area (Å²) in [5.74, 6) is -0.180. The molecule has 0 bridgehead atoms. The van der Waals surface area contributed by atoms with Crippen LogP contribution in [0, 0.1) is 13.8 Å². The first kappa shape index (κ1) is 17.6. The molecule has 4 heterocycles. The molecule has 0 aliphatic carbocycles. The van der Waals surface area contributed by atoms with Crippen LogP contribution in [0.15, 0.2) is 48.8 Å². The predicted molar refractivity (Wildman–Crippen MR) is 107 cm³/mol. The van der Waals surface area contributed by atoms with Gasteiger partial charge in [-0.3, -0.25) is 19.7 Å². The molecule has 5 rings (SSSR count). The quantitative estimate of drug-likeness (QED) is 0.707. The highest BCUT2D eigenvalue weighted by Crippen LogP contribution is 2.54. The van der Waals surface area contributed by atoms with Crippen LogP contribution >= 0.6 is 0 Å². The Morgan fingerprint density at radius 2 is 2.03 bits per heavy atom. The van der Waals surface area contributed by atoms with Crippen molar-refractivity contribution in [3.63, 3.8) is 0 Å². The van der Waals surface area contributed by atoms with Gasteiger partial charge in [-0.2, -0.15) is 5.10 Å². The second kappa shape index (κ2) is 6.27. The number of carbonyl (C=O) groups is 2. The molecule has 2 amide bonds. The number of para-hydroxylation sites is 1. The van der Waals surface area contributed by atoms with Crippen molar-refractivity contribution in [1.82, 2.24) is 20.1 Å². The number of pyridine rings is 1. The Labute approximate surface area is 168 Å². The molecule has 1 aromatic carbocycles. The Hall–Kier alpha value is -3.48. The van der Waals surface area contributed by atoms with Gasteiger partial charge in [-0.25, -0.2) is 0 Å². The van der Waals surface area contributed by atoms with Gasteiger partial charge in [0.15, 0.2) is 0 Å². The van der Waals surface area contributed by atoms with E-state index in [0.29, 0.717) is 24.2 Å². The van der Waals surface area contributed by atoms with Crippen LogP contribution in [-0.2, 0) is 10.2 Å². The van der Waals surface area contributed by atoms with Crippen LogP contribution in [0.3, 0.4) is 0 Å². The van der Waals surface area contributed by atoms with E-state index in [1.165, 1.54) is 0 Å². The monoisotopic (exact) mass is 387 g/mol.